The second-order valence-corrected chi connectivity index (χ2v) is 7.53. The Morgan fingerprint density at radius 3 is 2.67 bits per heavy atom. The van der Waals surface area contributed by atoms with Gasteiger partial charge in [0.25, 0.3) is 15.7 Å². The number of nitrogens with zero attached hydrogens (tertiary/aromatic N) is 2. The van der Waals surface area contributed by atoms with E-state index in [0.717, 1.165) is 6.07 Å². The van der Waals surface area contributed by atoms with E-state index in [4.69, 9.17) is 21.4 Å². The number of thiophene rings is 1. The van der Waals surface area contributed by atoms with E-state index in [1.165, 1.54) is 7.11 Å². The molecular formula is C9H11ClN2O7S2. The Hall–Kier alpha value is -1.27. The van der Waals surface area contributed by atoms with Gasteiger partial charge in [-0.25, -0.2) is 8.42 Å². The van der Waals surface area contributed by atoms with E-state index in [9.17, 15) is 23.3 Å². The first-order chi connectivity index (χ1) is 9.70. The summed E-state index contributed by atoms with van der Waals surface area (Å²) < 4.78 is 29.3. The van der Waals surface area contributed by atoms with Crippen molar-refractivity contribution in [1.29, 1.82) is 0 Å². The lowest BCUT2D eigenvalue weighted by molar-refractivity contribution is -0.384. The lowest BCUT2D eigenvalue weighted by Crippen LogP contribution is -2.37. The summed E-state index contributed by atoms with van der Waals surface area (Å²) in [4.78, 5) is 20.6. The highest BCUT2D eigenvalue weighted by atomic mass is 35.5. The van der Waals surface area contributed by atoms with E-state index in [2.05, 4.69) is 0 Å². The highest BCUT2D eigenvalue weighted by Crippen LogP contribution is 2.37. The van der Waals surface area contributed by atoms with E-state index in [0.29, 0.717) is 15.6 Å². The maximum atomic E-state index is 12.3. The molecule has 21 heavy (non-hydrogen) atoms. The molecular weight excluding hydrogens is 348 g/mol. The molecule has 0 saturated heterocycles. The first kappa shape index (κ1) is 17.8. The Kier molecular flexibility index (Phi) is 6.04. The summed E-state index contributed by atoms with van der Waals surface area (Å²) in [6.07, 6.45) is 0. The molecule has 1 rings (SSSR count). The van der Waals surface area contributed by atoms with Crippen LogP contribution in [-0.2, 0) is 19.6 Å². The number of hydrogen-bond donors (Lipinski definition) is 1. The van der Waals surface area contributed by atoms with Crippen molar-refractivity contribution >= 4 is 44.6 Å². The third-order valence-corrected chi connectivity index (χ3v) is 5.93. The molecule has 0 aliphatic heterocycles. The number of rotatable bonds is 8. The lowest BCUT2D eigenvalue weighted by Gasteiger charge is -2.18. The van der Waals surface area contributed by atoms with Crippen LogP contribution in [0.4, 0.5) is 5.69 Å². The Morgan fingerprint density at radius 1 is 1.62 bits per heavy atom. The Morgan fingerprint density at radius 2 is 2.24 bits per heavy atom. The van der Waals surface area contributed by atoms with Gasteiger partial charge in [0.15, 0.2) is 4.34 Å². The van der Waals surface area contributed by atoms with Gasteiger partial charge in [-0.2, -0.15) is 4.31 Å². The minimum absolute atomic E-state index is 0.0201. The number of carboxylic acids is 1. The van der Waals surface area contributed by atoms with Crippen LogP contribution in [0.25, 0.3) is 0 Å². The number of halogens is 1. The fourth-order valence-electron chi connectivity index (χ4n) is 1.35. The van der Waals surface area contributed by atoms with E-state index in [1.54, 1.807) is 0 Å². The number of ether oxygens (including phenoxy) is 1. The molecule has 0 radical (unpaired) electrons. The smallest absolute Gasteiger partial charge is 0.318 e. The SMILES string of the molecule is COCCN(CC(=O)O)S(=O)(=O)c1cc([N+](=O)[O-])c(Cl)s1. The van der Waals surface area contributed by atoms with Crippen molar-refractivity contribution in [3.05, 3.63) is 20.5 Å². The highest BCUT2D eigenvalue weighted by molar-refractivity contribution is 7.91. The van der Waals surface area contributed by atoms with Crippen LogP contribution in [0, 0.1) is 10.1 Å². The van der Waals surface area contributed by atoms with Crippen molar-refractivity contribution < 1.29 is 28.0 Å². The maximum absolute atomic E-state index is 12.3. The Labute approximate surface area is 128 Å². The summed E-state index contributed by atoms with van der Waals surface area (Å²) in [6, 6.07) is 0.810. The van der Waals surface area contributed by atoms with Gasteiger partial charge < -0.3 is 9.84 Å². The first-order valence-electron chi connectivity index (χ1n) is 5.34. The largest absolute Gasteiger partial charge is 0.480 e. The molecule has 0 spiro atoms. The molecule has 0 aromatic carbocycles. The average Bonchev–Trinajstić information content (AvgIpc) is 2.76. The summed E-state index contributed by atoms with van der Waals surface area (Å²) in [5, 5.41) is 19.5. The monoisotopic (exact) mass is 358 g/mol. The van der Waals surface area contributed by atoms with Gasteiger partial charge in [0.2, 0.25) is 0 Å². The molecule has 1 N–H and O–H groups in total. The molecule has 12 heteroatoms. The normalized spacial score (nSPS) is 11.8. The molecule has 0 unspecified atom stereocenters. The third kappa shape index (κ3) is 4.35. The molecule has 0 aliphatic carbocycles. The fraction of sp³-hybridized carbons (Fsp3) is 0.444. The molecule has 0 fully saturated rings. The average molecular weight is 359 g/mol. The highest BCUT2D eigenvalue weighted by Gasteiger charge is 2.31. The van der Waals surface area contributed by atoms with E-state index in [-0.39, 0.29) is 17.5 Å². The molecule has 1 aromatic heterocycles. The van der Waals surface area contributed by atoms with Crippen LogP contribution >= 0.6 is 22.9 Å². The molecule has 0 amide bonds. The Bertz CT molecular complexity index is 643. The lowest BCUT2D eigenvalue weighted by atomic mass is 10.6. The standard InChI is InChI=1S/C9H11ClN2O7S2/c1-19-3-2-11(5-7(13)14)21(17,18)8-4-6(12(15)16)9(10)20-8/h4H,2-3,5H2,1H3,(H,13,14). The summed E-state index contributed by atoms with van der Waals surface area (Å²) in [6.45, 7) is -1.00. The van der Waals surface area contributed by atoms with Crippen molar-refractivity contribution in [1.82, 2.24) is 4.31 Å². The molecule has 1 aromatic rings. The number of hydrogen-bond acceptors (Lipinski definition) is 7. The van der Waals surface area contributed by atoms with Gasteiger partial charge in [-0.05, 0) is 0 Å². The van der Waals surface area contributed by atoms with E-state index < -0.39 is 37.4 Å². The zero-order chi connectivity index (χ0) is 16.2. The minimum atomic E-state index is -4.20. The number of nitro groups is 1. The van der Waals surface area contributed by atoms with Crippen LogP contribution in [-0.4, -0.2) is 55.5 Å². The second kappa shape index (κ2) is 7.13. The van der Waals surface area contributed by atoms with Gasteiger partial charge in [0.05, 0.1) is 11.5 Å². The van der Waals surface area contributed by atoms with Crippen molar-refractivity contribution in [2.75, 3.05) is 26.8 Å². The van der Waals surface area contributed by atoms with Crippen LogP contribution in [0.1, 0.15) is 0 Å². The van der Waals surface area contributed by atoms with Gasteiger partial charge >= 0.3 is 5.97 Å². The van der Waals surface area contributed by atoms with Crippen molar-refractivity contribution in [2.45, 2.75) is 4.21 Å². The fourth-order valence-corrected chi connectivity index (χ4v) is 4.54. The molecule has 0 atom stereocenters. The van der Waals surface area contributed by atoms with E-state index in [1.807, 2.05) is 0 Å². The molecule has 0 saturated carbocycles. The maximum Gasteiger partial charge on any atom is 0.318 e. The van der Waals surface area contributed by atoms with Gasteiger partial charge in [0, 0.05) is 19.7 Å². The van der Waals surface area contributed by atoms with E-state index >= 15 is 0 Å². The molecule has 0 bridgehead atoms. The van der Waals surface area contributed by atoms with Gasteiger partial charge in [-0.3, -0.25) is 14.9 Å². The van der Waals surface area contributed by atoms with Gasteiger partial charge in [-0.1, -0.05) is 11.6 Å². The summed E-state index contributed by atoms with van der Waals surface area (Å²) >= 11 is 6.11. The van der Waals surface area contributed by atoms with Crippen LogP contribution in [0.5, 0.6) is 0 Å². The second-order valence-electron chi connectivity index (χ2n) is 3.71. The van der Waals surface area contributed by atoms with Crippen LogP contribution in [0.2, 0.25) is 4.34 Å². The van der Waals surface area contributed by atoms with Crippen molar-refractivity contribution in [3.8, 4) is 0 Å². The molecule has 0 aliphatic rings. The molecule has 118 valence electrons. The number of methoxy groups -OCH3 is 1. The predicted octanol–water partition coefficient (Wildman–Crippen LogP) is 1.03. The molecule has 1 heterocycles. The predicted molar refractivity (Wildman–Crippen MR) is 74.3 cm³/mol. The van der Waals surface area contributed by atoms with Gasteiger partial charge in [0.1, 0.15) is 10.8 Å². The molecule has 9 nitrogen and oxygen atoms in total. The number of aliphatic carboxylic acids is 1. The zero-order valence-corrected chi connectivity index (χ0v) is 13.1. The third-order valence-electron chi connectivity index (χ3n) is 2.29. The number of carbonyl (C=O) groups is 1. The Balaban J connectivity index is 3.18. The van der Waals surface area contributed by atoms with Gasteiger partial charge in [-0.15, -0.1) is 11.3 Å². The quantitative estimate of drug-likeness (QED) is 0.543. The topological polar surface area (TPSA) is 127 Å². The number of sulfonamides is 1. The van der Waals surface area contributed by atoms with Crippen LogP contribution < -0.4 is 0 Å². The first-order valence-corrected chi connectivity index (χ1v) is 7.98. The zero-order valence-electron chi connectivity index (χ0n) is 10.7. The summed E-state index contributed by atoms with van der Waals surface area (Å²) in [5.41, 5.74) is -0.540. The summed E-state index contributed by atoms with van der Waals surface area (Å²) in [7, 11) is -2.87. The summed E-state index contributed by atoms with van der Waals surface area (Å²) in [5.74, 6) is -1.35. The van der Waals surface area contributed by atoms with Crippen LogP contribution in [0.3, 0.4) is 0 Å². The van der Waals surface area contributed by atoms with Crippen molar-refractivity contribution in [3.63, 3.8) is 0 Å². The minimum Gasteiger partial charge on any atom is -0.480 e. The van der Waals surface area contributed by atoms with Crippen molar-refractivity contribution in [2.24, 2.45) is 0 Å². The number of carboxylic acid groups (broad SMARTS) is 1. The van der Waals surface area contributed by atoms with Crippen LogP contribution in [0.15, 0.2) is 10.3 Å².